The maximum absolute atomic E-state index is 13.5. The van der Waals surface area contributed by atoms with E-state index in [9.17, 15) is 14.7 Å². The summed E-state index contributed by atoms with van der Waals surface area (Å²) in [6, 6.07) is 8.30. The SMILES string of the molecule is CC(C)(C(=O)NC1[C@@H]2CC3C[C@H]1CC(C(=O)O)(C3)C2)N1CCC(c2ccc(Cl)cc2)CC1. The number of carbonyl (C=O) groups excluding carboxylic acids is 1. The zero-order valence-corrected chi connectivity index (χ0v) is 19.9. The van der Waals surface area contributed by atoms with Gasteiger partial charge in [0.15, 0.2) is 0 Å². The van der Waals surface area contributed by atoms with E-state index in [0.29, 0.717) is 23.7 Å². The second-order valence-corrected chi connectivity index (χ2v) is 11.9. The Balaban J connectivity index is 1.21. The molecule has 3 unspecified atom stereocenters. The van der Waals surface area contributed by atoms with E-state index in [2.05, 4.69) is 22.3 Å². The van der Waals surface area contributed by atoms with Gasteiger partial charge in [-0.2, -0.15) is 0 Å². The van der Waals surface area contributed by atoms with Crippen molar-refractivity contribution in [1.29, 1.82) is 0 Å². The number of amides is 1. The number of aliphatic carboxylic acids is 1. The lowest BCUT2D eigenvalue weighted by Crippen LogP contribution is -2.65. The van der Waals surface area contributed by atoms with Gasteiger partial charge < -0.3 is 10.4 Å². The molecule has 5 nitrogen and oxygen atoms in total. The van der Waals surface area contributed by atoms with Gasteiger partial charge in [0, 0.05) is 11.1 Å². The minimum atomic E-state index is -0.620. The van der Waals surface area contributed by atoms with E-state index >= 15 is 0 Å². The fourth-order valence-corrected chi connectivity index (χ4v) is 7.63. The summed E-state index contributed by atoms with van der Waals surface area (Å²) in [6.45, 7) is 5.88. The Labute approximate surface area is 195 Å². The first-order valence-corrected chi connectivity index (χ1v) is 12.6. The van der Waals surface area contributed by atoms with Crippen LogP contribution in [0.5, 0.6) is 0 Å². The van der Waals surface area contributed by atoms with Crippen molar-refractivity contribution in [2.75, 3.05) is 13.1 Å². The molecule has 1 amide bonds. The normalized spacial score (nSPS) is 35.1. The van der Waals surface area contributed by atoms with Gasteiger partial charge in [-0.05, 0) is 113 Å². The number of hydrogen-bond donors (Lipinski definition) is 2. The summed E-state index contributed by atoms with van der Waals surface area (Å²) in [4.78, 5) is 27.8. The van der Waals surface area contributed by atoms with Crippen LogP contribution in [-0.4, -0.2) is 46.6 Å². The van der Waals surface area contributed by atoms with E-state index in [1.165, 1.54) is 5.56 Å². The van der Waals surface area contributed by atoms with Crippen molar-refractivity contribution < 1.29 is 14.7 Å². The molecule has 1 aliphatic heterocycles. The number of nitrogens with zero attached hydrogens (tertiary/aromatic N) is 1. The van der Waals surface area contributed by atoms with Crippen LogP contribution in [0.3, 0.4) is 0 Å². The molecular formula is C26H35ClN2O3. The molecule has 5 fully saturated rings. The Morgan fingerprint density at radius 1 is 1.06 bits per heavy atom. The quantitative estimate of drug-likeness (QED) is 0.671. The molecule has 4 bridgehead atoms. The first-order valence-electron chi connectivity index (χ1n) is 12.2. The molecule has 6 heteroatoms. The third-order valence-corrected chi connectivity index (χ3v) is 9.46. The fourth-order valence-electron chi connectivity index (χ4n) is 7.50. The Kier molecular flexibility index (Phi) is 5.57. The van der Waals surface area contributed by atoms with Crippen molar-refractivity contribution in [1.82, 2.24) is 10.2 Å². The van der Waals surface area contributed by atoms with Crippen molar-refractivity contribution in [3.8, 4) is 0 Å². The zero-order chi connectivity index (χ0) is 22.7. The molecule has 32 heavy (non-hydrogen) atoms. The van der Waals surface area contributed by atoms with Crippen molar-refractivity contribution in [3.63, 3.8) is 0 Å². The van der Waals surface area contributed by atoms with Gasteiger partial charge in [0.2, 0.25) is 5.91 Å². The summed E-state index contributed by atoms with van der Waals surface area (Å²) in [7, 11) is 0. The van der Waals surface area contributed by atoms with Crippen molar-refractivity contribution in [2.24, 2.45) is 23.2 Å². The Morgan fingerprint density at radius 3 is 2.22 bits per heavy atom. The van der Waals surface area contributed by atoms with Crippen LogP contribution in [-0.2, 0) is 9.59 Å². The number of piperidine rings is 1. The summed E-state index contributed by atoms with van der Waals surface area (Å²) >= 11 is 6.04. The number of carbonyl (C=O) groups is 2. The molecule has 1 heterocycles. The number of carboxylic acid groups (broad SMARTS) is 1. The number of likely N-dealkylation sites (tertiary alicyclic amines) is 1. The van der Waals surface area contributed by atoms with Crippen molar-refractivity contribution >= 4 is 23.5 Å². The highest BCUT2D eigenvalue weighted by molar-refractivity contribution is 6.30. The molecule has 174 valence electrons. The van der Waals surface area contributed by atoms with E-state index in [-0.39, 0.29) is 11.9 Å². The molecule has 0 spiro atoms. The van der Waals surface area contributed by atoms with Crippen LogP contribution in [0, 0.1) is 23.2 Å². The highest BCUT2D eigenvalue weighted by atomic mass is 35.5. The van der Waals surface area contributed by atoms with Gasteiger partial charge in [0.1, 0.15) is 0 Å². The molecule has 5 aliphatic rings. The first-order chi connectivity index (χ1) is 15.2. The molecule has 2 N–H and O–H groups in total. The fraction of sp³-hybridized carbons (Fsp3) is 0.692. The van der Waals surface area contributed by atoms with Crippen LogP contribution in [0.25, 0.3) is 0 Å². The average Bonchev–Trinajstić information content (AvgIpc) is 2.76. The summed E-state index contributed by atoms with van der Waals surface area (Å²) in [5.41, 5.74) is 0.234. The predicted molar refractivity (Wildman–Crippen MR) is 125 cm³/mol. The van der Waals surface area contributed by atoms with Crippen LogP contribution >= 0.6 is 11.6 Å². The number of rotatable bonds is 5. The van der Waals surface area contributed by atoms with E-state index in [1.54, 1.807) is 0 Å². The highest BCUT2D eigenvalue weighted by Crippen LogP contribution is 2.60. The predicted octanol–water partition coefficient (Wildman–Crippen LogP) is 4.69. The van der Waals surface area contributed by atoms with Gasteiger partial charge >= 0.3 is 5.97 Å². The molecule has 1 saturated heterocycles. The van der Waals surface area contributed by atoms with Crippen LogP contribution in [0.15, 0.2) is 24.3 Å². The summed E-state index contributed by atoms with van der Waals surface area (Å²) in [5.74, 6) is 1.14. The van der Waals surface area contributed by atoms with E-state index < -0.39 is 16.9 Å². The van der Waals surface area contributed by atoms with Crippen LogP contribution in [0.1, 0.15) is 70.3 Å². The molecule has 0 radical (unpaired) electrons. The number of carboxylic acids is 1. The van der Waals surface area contributed by atoms with Crippen LogP contribution in [0.2, 0.25) is 5.02 Å². The maximum atomic E-state index is 13.5. The lowest BCUT2D eigenvalue weighted by molar-refractivity contribution is -0.168. The van der Waals surface area contributed by atoms with Crippen LogP contribution < -0.4 is 5.32 Å². The summed E-state index contributed by atoms with van der Waals surface area (Å²) in [5, 5.41) is 14.0. The lowest BCUT2D eigenvalue weighted by atomic mass is 9.48. The summed E-state index contributed by atoms with van der Waals surface area (Å²) in [6.07, 6.45) is 6.52. The second-order valence-electron chi connectivity index (χ2n) is 11.4. The van der Waals surface area contributed by atoms with Gasteiger partial charge in [0.05, 0.1) is 11.0 Å². The maximum Gasteiger partial charge on any atom is 0.309 e. The minimum Gasteiger partial charge on any atom is -0.481 e. The van der Waals surface area contributed by atoms with Gasteiger partial charge in [-0.3, -0.25) is 14.5 Å². The Morgan fingerprint density at radius 2 is 1.66 bits per heavy atom. The third kappa shape index (κ3) is 3.75. The Hall–Kier alpha value is -1.59. The van der Waals surface area contributed by atoms with Gasteiger partial charge in [-0.1, -0.05) is 23.7 Å². The number of hydrogen-bond acceptors (Lipinski definition) is 3. The lowest BCUT2D eigenvalue weighted by Gasteiger charge is -2.58. The largest absolute Gasteiger partial charge is 0.481 e. The molecule has 4 aliphatic carbocycles. The number of halogens is 1. The molecule has 4 saturated carbocycles. The molecule has 1 aromatic rings. The monoisotopic (exact) mass is 458 g/mol. The number of nitrogens with one attached hydrogen (secondary N) is 1. The standard InChI is InChI=1S/C26H35ClN2O3/c1-25(2,29-9-7-18(8-10-29)17-3-5-21(27)6-4-17)23(30)28-22-19-11-16-12-20(22)15-26(13-16,14-19)24(31)32/h3-6,16,18-20,22H,7-15H2,1-2H3,(H,28,30)(H,31,32)/t16?,19-,20+,22?,26?. The van der Waals surface area contributed by atoms with Gasteiger partial charge in [-0.25, -0.2) is 0 Å². The Bertz CT molecular complexity index is 875. The minimum absolute atomic E-state index is 0.101. The molecule has 6 rings (SSSR count). The van der Waals surface area contributed by atoms with Crippen molar-refractivity contribution in [2.45, 2.75) is 76.3 Å². The summed E-state index contributed by atoms with van der Waals surface area (Å²) < 4.78 is 0. The van der Waals surface area contributed by atoms with E-state index in [1.807, 2.05) is 26.0 Å². The topological polar surface area (TPSA) is 69.6 Å². The van der Waals surface area contributed by atoms with E-state index in [4.69, 9.17) is 11.6 Å². The number of benzene rings is 1. The second kappa shape index (κ2) is 8.02. The molecule has 5 atom stereocenters. The van der Waals surface area contributed by atoms with Crippen molar-refractivity contribution in [3.05, 3.63) is 34.9 Å². The average molecular weight is 459 g/mol. The molecule has 1 aromatic carbocycles. The molecule has 0 aromatic heterocycles. The van der Waals surface area contributed by atoms with Crippen LogP contribution in [0.4, 0.5) is 0 Å². The first kappa shape index (κ1) is 22.2. The smallest absolute Gasteiger partial charge is 0.309 e. The highest BCUT2D eigenvalue weighted by Gasteiger charge is 2.59. The van der Waals surface area contributed by atoms with E-state index in [0.717, 1.165) is 63.1 Å². The van der Waals surface area contributed by atoms with Gasteiger partial charge in [-0.15, -0.1) is 0 Å². The molecular weight excluding hydrogens is 424 g/mol. The zero-order valence-electron chi connectivity index (χ0n) is 19.1. The van der Waals surface area contributed by atoms with Gasteiger partial charge in [0.25, 0.3) is 0 Å². The third-order valence-electron chi connectivity index (χ3n) is 9.21.